The quantitative estimate of drug-likeness (QED) is 0.787. The third-order valence-electron chi connectivity index (χ3n) is 3.80. The van der Waals surface area contributed by atoms with E-state index >= 15 is 0 Å². The van der Waals surface area contributed by atoms with Crippen LogP contribution in [0.3, 0.4) is 0 Å². The molecule has 3 nitrogen and oxygen atoms in total. The maximum absolute atomic E-state index is 12.2. The van der Waals surface area contributed by atoms with Gasteiger partial charge >= 0.3 is 5.97 Å². The molecule has 0 amide bonds. The summed E-state index contributed by atoms with van der Waals surface area (Å²) >= 11 is 1.68. The zero-order chi connectivity index (χ0) is 13.3. The van der Waals surface area contributed by atoms with Gasteiger partial charge in [-0.1, -0.05) is 6.07 Å². The number of nitrogens with zero attached hydrogens (tertiary/aromatic N) is 1. The maximum atomic E-state index is 12.2. The molecule has 2 heterocycles. The summed E-state index contributed by atoms with van der Waals surface area (Å²) < 4.78 is 5.21. The molecule has 0 radical (unpaired) electrons. The molecule has 1 aromatic rings. The Morgan fingerprint density at radius 2 is 2.33 bits per heavy atom. The van der Waals surface area contributed by atoms with E-state index in [4.69, 9.17) is 4.74 Å². The molecule has 0 aromatic carbocycles. The number of ether oxygens (including phenoxy) is 1. The lowest BCUT2D eigenvalue weighted by Gasteiger charge is -2.38. The van der Waals surface area contributed by atoms with Crippen LogP contribution in [-0.2, 0) is 15.1 Å². The second-order valence-corrected chi connectivity index (χ2v) is 5.67. The highest BCUT2D eigenvalue weighted by molar-refractivity contribution is 7.10. The maximum Gasteiger partial charge on any atom is 0.315 e. The smallest absolute Gasteiger partial charge is 0.315 e. The van der Waals surface area contributed by atoms with Crippen molar-refractivity contribution in [3.63, 3.8) is 0 Å². The third kappa shape index (κ3) is 1.85. The summed E-state index contributed by atoms with van der Waals surface area (Å²) in [6.07, 6.45) is 2.01. The minimum atomic E-state index is -0.329. The summed E-state index contributed by atoms with van der Waals surface area (Å²) in [6.45, 7) is 6.40. The molecule has 0 saturated heterocycles. The van der Waals surface area contributed by atoms with Crippen molar-refractivity contribution in [2.24, 2.45) is 5.92 Å². The summed E-state index contributed by atoms with van der Waals surface area (Å²) in [5.74, 6) is -0.377. The van der Waals surface area contributed by atoms with Crippen LogP contribution in [0.2, 0.25) is 0 Å². The molecule has 2 rings (SSSR count). The van der Waals surface area contributed by atoms with Crippen LogP contribution in [0.15, 0.2) is 29.3 Å². The molecule has 1 aromatic heterocycles. The summed E-state index contributed by atoms with van der Waals surface area (Å²) in [7, 11) is 2.03. The van der Waals surface area contributed by atoms with Crippen molar-refractivity contribution in [2.45, 2.75) is 26.3 Å². The van der Waals surface area contributed by atoms with Crippen molar-refractivity contribution in [1.29, 1.82) is 0 Å². The number of allylic oxidation sites excluding steroid dienone is 1. The van der Waals surface area contributed by atoms with Gasteiger partial charge in [0, 0.05) is 17.6 Å². The summed E-state index contributed by atoms with van der Waals surface area (Å²) in [5, 5.41) is 2.05. The molecule has 2 atom stereocenters. The predicted octanol–water partition coefficient (Wildman–Crippen LogP) is 2.99. The Morgan fingerprint density at radius 3 is 2.89 bits per heavy atom. The van der Waals surface area contributed by atoms with Gasteiger partial charge in [-0.15, -0.1) is 11.3 Å². The van der Waals surface area contributed by atoms with Gasteiger partial charge in [-0.2, -0.15) is 0 Å². The van der Waals surface area contributed by atoms with Crippen LogP contribution in [0.1, 0.15) is 25.6 Å². The van der Waals surface area contributed by atoms with Gasteiger partial charge in [-0.3, -0.25) is 4.79 Å². The molecule has 1 aliphatic rings. The Morgan fingerprint density at radius 1 is 1.61 bits per heavy atom. The molecule has 18 heavy (non-hydrogen) atoms. The van der Waals surface area contributed by atoms with Crippen molar-refractivity contribution in [3.8, 4) is 0 Å². The van der Waals surface area contributed by atoms with Crippen molar-refractivity contribution < 1.29 is 9.53 Å². The van der Waals surface area contributed by atoms with Crippen molar-refractivity contribution in [1.82, 2.24) is 4.90 Å². The van der Waals surface area contributed by atoms with Crippen LogP contribution in [-0.4, -0.2) is 24.5 Å². The monoisotopic (exact) mass is 265 g/mol. The minimum absolute atomic E-state index is 0.142. The largest absolute Gasteiger partial charge is 0.465 e. The highest BCUT2D eigenvalue weighted by Gasteiger charge is 2.48. The minimum Gasteiger partial charge on any atom is -0.465 e. The van der Waals surface area contributed by atoms with Crippen LogP contribution in [0.4, 0.5) is 0 Å². The number of rotatable bonds is 3. The van der Waals surface area contributed by atoms with Crippen LogP contribution >= 0.6 is 11.3 Å². The molecule has 0 bridgehead atoms. The standard InChI is InChI=1S/C14H19NO2S/c1-5-17-13(16)11-9-10(2)15(4)14(11,3)12-7-6-8-18-12/h6-9,11H,5H2,1-4H3/t11-,14-/m1/s1. The van der Waals surface area contributed by atoms with Gasteiger partial charge < -0.3 is 9.64 Å². The van der Waals surface area contributed by atoms with Gasteiger partial charge in [-0.05, 0) is 38.3 Å². The number of carbonyl (C=O) groups excluding carboxylic acids is 1. The fourth-order valence-electron chi connectivity index (χ4n) is 2.50. The number of esters is 1. The summed E-state index contributed by atoms with van der Waals surface area (Å²) in [5.41, 5.74) is 0.786. The molecular weight excluding hydrogens is 246 g/mol. The van der Waals surface area contributed by atoms with Gasteiger partial charge in [0.05, 0.1) is 12.1 Å². The van der Waals surface area contributed by atoms with Gasteiger partial charge in [0.2, 0.25) is 0 Å². The van der Waals surface area contributed by atoms with E-state index < -0.39 is 0 Å². The first-order chi connectivity index (χ1) is 8.51. The van der Waals surface area contributed by atoms with E-state index in [-0.39, 0.29) is 17.4 Å². The average Bonchev–Trinajstić information content (AvgIpc) is 2.94. The van der Waals surface area contributed by atoms with Crippen molar-refractivity contribution in [2.75, 3.05) is 13.7 Å². The van der Waals surface area contributed by atoms with Crippen LogP contribution in [0.25, 0.3) is 0 Å². The average molecular weight is 265 g/mol. The van der Waals surface area contributed by atoms with Crippen molar-refractivity contribution in [3.05, 3.63) is 34.2 Å². The molecule has 98 valence electrons. The van der Waals surface area contributed by atoms with E-state index in [0.29, 0.717) is 6.61 Å². The Hall–Kier alpha value is -1.29. The van der Waals surface area contributed by atoms with E-state index in [2.05, 4.69) is 17.9 Å². The van der Waals surface area contributed by atoms with Gasteiger partial charge in [0.25, 0.3) is 0 Å². The lowest BCUT2D eigenvalue weighted by Crippen LogP contribution is -2.43. The number of thiophene rings is 1. The molecule has 0 spiro atoms. The molecule has 0 N–H and O–H groups in total. The lowest BCUT2D eigenvalue weighted by molar-refractivity contribution is -0.149. The topological polar surface area (TPSA) is 29.5 Å². The zero-order valence-electron chi connectivity index (χ0n) is 11.3. The van der Waals surface area contributed by atoms with Crippen LogP contribution in [0, 0.1) is 5.92 Å². The highest BCUT2D eigenvalue weighted by atomic mass is 32.1. The highest BCUT2D eigenvalue weighted by Crippen LogP contribution is 2.45. The van der Waals surface area contributed by atoms with Crippen molar-refractivity contribution >= 4 is 17.3 Å². The number of hydrogen-bond acceptors (Lipinski definition) is 4. The zero-order valence-corrected chi connectivity index (χ0v) is 12.1. The van der Waals surface area contributed by atoms with Gasteiger partial charge in [0.15, 0.2) is 0 Å². The first-order valence-electron chi connectivity index (χ1n) is 6.14. The van der Waals surface area contributed by atoms with E-state index in [9.17, 15) is 4.79 Å². The second kappa shape index (κ2) is 4.76. The fraction of sp³-hybridized carbons (Fsp3) is 0.500. The third-order valence-corrected chi connectivity index (χ3v) is 4.90. The summed E-state index contributed by atoms with van der Waals surface area (Å²) in [4.78, 5) is 15.5. The van der Waals surface area contributed by atoms with E-state index in [1.165, 1.54) is 4.88 Å². The Kier molecular flexibility index (Phi) is 3.48. The Bertz CT molecular complexity index is 466. The molecule has 0 saturated carbocycles. The Balaban J connectivity index is 2.40. The molecule has 0 unspecified atom stereocenters. The fourth-order valence-corrected chi connectivity index (χ4v) is 3.47. The SMILES string of the molecule is CCOC(=O)[C@H]1C=C(C)N(C)[C@@]1(C)c1cccs1. The summed E-state index contributed by atoms with van der Waals surface area (Å²) in [6, 6.07) is 4.11. The molecule has 0 aliphatic carbocycles. The van der Waals surface area contributed by atoms with Crippen LogP contribution < -0.4 is 0 Å². The molecule has 0 fully saturated rings. The van der Waals surface area contributed by atoms with Gasteiger partial charge in [-0.25, -0.2) is 0 Å². The first-order valence-corrected chi connectivity index (χ1v) is 7.02. The number of hydrogen-bond donors (Lipinski definition) is 0. The Labute approximate surface area is 112 Å². The second-order valence-electron chi connectivity index (χ2n) is 4.72. The molecule has 1 aliphatic heterocycles. The normalized spacial score (nSPS) is 27.2. The van der Waals surface area contributed by atoms with E-state index in [1.54, 1.807) is 11.3 Å². The van der Waals surface area contributed by atoms with E-state index in [1.807, 2.05) is 38.4 Å². The lowest BCUT2D eigenvalue weighted by atomic mass is 9.85. The number of carbonyl (C=O) groups is 1. The van der Waals surface area contributed by atoms with Gasteiger partial charge in [0.1, 0.15) is 5.92 Å². The van der Waals surface area contributed by atoms with E-state index in [0.717, 1.165) is 5.70 Å². The molecular formula is C14H19NO2S. The molecule has 4 heteroatoms. The predicted molar refractivity (Wildman–Crippen MR) is 73.3 cm³/mol. The van der Waals surface area contributed by atoms with Crippen LogP contribution in [0.5, 0.6) is 0 Å². The first kappa shape index (κ1) is 13.1.